The molecule has 4 aliphatic rings. The lowest BCUT2D eigenvalue weighted by molar-refractivity contribution is -0.133. The van der Waals surface area contributed by atoms with Gasteiger partial charge in [-0.1, -0.05) is 6.07 Å². The third kappa shape index (κ3) is 4.44. The van der Waals surface area contributed by atoms with E-state index >= 15 is 0 Å². The third-order valence-electron chi connectivity index (χ3n) is 8.55. The Bertz CT molecular complexity index is 1320. The number of fused-ring (bicyclic) bond motifs is 3. The topological polar surface area (TPSA) is 80.0 Å². The maximum Gasteiger partial charge on any atom is 0.410 e. The number of amides is 2. The molecule has 5 heterocycles. The zero-order valence-electron chi connectivity index (χ0n) is 22.4. The van der Waals surface area contributed by atoms with Crippen LogP contribution in [0.2, 0.25) is 0 Å². The summed E-state index contributed by atoms with van der Waals surface area (Å²) in [4.78, 5) is 35.4. The molecule has 0 spiro atoms. The molecule has 0 saturated carbocycles. The molecular formula is C29H37N5O3. The van der Waals surface area contributed by atoms with Crippen LogP contribution in [-0.4, -0.2) is 74.6 Å². The summed E-state index contributed by atoms with van der Waals surface area (Å²) in [6.07, 6.45) is 6.97. The molecule has 1 aromatic carbocycles. The average Bonchev–Trinajstić information content (AvgIpc) is 3.53. The molecule has 0 aliphatic carbocycles. The van der Waals surface area contributed by atoms with Crippen LogP contribution in [0.5, 0.6) is 0 Å². The monoisotopic (exact) mass is 503 g/mol. The molecule has 1 aromatic heterocycles. The van der Waals surface area contributed by atoms with Gasteiger partial charge in [0.15, 0.2) is 0 Å². The van der Waals surface area contributed by atoms with E-state index in [0.29, 0.717) is 13.0 Å². The van der Waals surface area contributed by atoms with Crippen molar-refractivity contribution in [3.8, 4) is 0 Å². The molecule has 6 rings (SSSR count). The van der Waals surface area contributed by atoms with Crippen LogP contribution in [0.4, 0.5) is 4.79 Å². The number of piperidine rings is 1. The first-order chi connectivity index (χ1) is 17.7. The van der Waals surface area contributed by atoms with Gasteiger partial charge in [0.25, 0.3) is 0 Å². The summed E-state index contributed by atoms with van der Waals surface area (Å²) >= 11 is 0. The molecule has 2 saturated heterocycles. The van der Waals surface area contributed by atoms with Crippen LogP contribution in [0.1, 0.15) is 64.9 Å². The summed E-state index contributed by atoms with van der Waals surface area (Å²) < 4.78 is 7.60. The average molecular weight is 504 g/mol. The van der Waals surface area contributed by atoms with Crippen molar-refractivity contribution in [2.24, 2.45) is 18.0 Å². The fourth-order valence-corrected chi connectivity index (χ4v) is 6.73. The largest absolute Gasteiger partial charge is 0.444 e. The molecule has 3 atom stereocenters. The Kier molecular flexibility index (Phi) is 5.88. The SMILES string of the molecule is Cn1ncc2cc(C3=NCC4=C3CN(C(=O)CC3CC[C@H]5CC[C@@H]3N5C(=O)OC(C)(C)C)CC4)ccc21. The second-order valence-corrected chi connectivity index (χ2v) is 12.1. The summed E-state index contributed by atoms with van der Waals surface area (Å²) in [5.74, 6) is 0.388. The summed E-state index contributed by atoms with van der Waals surface area (Å²) in [5.41, 5.74) is 5.27. The zero-order chi connectivity index (χ0) is 25.9. The number of aromatic nitrogens is 2. The van der Waals surface area contributed by atoms with Crippen molar-refractivity contribution in [3.63, 3.8) is 0 Å². The molecule has 0 N–H and O–H groups in total. The smallest absolute Gasteiger partial charge is 0.410 e. The van der Waals surface area contributed by atoms with Crippen LogP contribution in [-0.2, 0) is 16.6 Å². The van der Waals surface area contributed by atoms with E-state index < -0.39 is 5.60 Å². The van der Waals surface area contributed by atoms with Gasteiger partial charge in [-0.2, -0.15) is 5.10 Å². The lowest BCUT2D eigenvalue weighted by Crippen LogP contribution is -2.51. The number of aryl methyl sites for hydroxylation is 1. The highest BCUT2D eigenvalue weighted by Gasteiger charge is 2.47. The Morgan fingerprint density at radius 3 is 2.76 bits per heavy atom. The lowest BCUT2D eigenvalue weighted by atomic mass is 9.86. The summed E-state index contributed by atoms with van der Waals surface area (Å²) in [5, 5.41) is 5.46. The predicted molar refractivity (Wildman–Crippen MR) is 143 cm³/mol. The van der Waals surface area contributed by atoms with Gasteiger partial charge >= 0.3 is 6.09 Å². The number of nitrogens with zero attached hydrogens (tertiary/aromatic N) is 5. The number of carbonyl (C=O) groups excluding carboxylic acids is 2. The molecular weight excluding hydrogens is 466 g/mol. The van der Waals surface area contributed by atoms with E-state index in [4.69, 9.17) is 9.73 Å². The molecule has 196 valence electrons. The van der Waals surface area contributed by atoms with Crippen LogP contribution in [0, 0.1) is 5.92 Å². The van der Waals surface area contributed by atoms with Crippen molar-refractivity contribution in [2.75, 3.05) is 19.6 Å². The van der Waals surface area contributed by atoms with Crippen LogP contribution >= 0.6 is 0 Å². The molecule has 0 radical (unpaired) electrons. The first kappa shape index (κ1) is 24.2. The third-order valence-corrected chi connectivity index (χ3v) is 8.55. The minimum Gasteiger partial charge on any atom is -0.444 e. The molecule has 4 aliphatic heterocycles. The Morgan fingerprint density at radius 1 is 1.14 bits per heavy atom. The second-order valence-electron chi connectivity index (χ2n) is 12.1. The normalized spacial score (nSPS) is 25.5. The minimum absolute atomic E-state index is 0.104. The fraction of sp³-hybridized carbons (Fsp3) is 0.586. The van der Waals surface area contributed by atoms with Gasteiger partial charge in [-0.25, -0.2) is 4.79 Å². The first-order valence-corrected chi connectivity index (χ1v) is 13.6. The molecule has 8 heteroatoms. The number of rotatable bonds is 3. The highest BCUT2D eigenvalue weighted by Crippen LogP contribution is 2.42. The zero-order valence-corrected chi connectivity index (χ0v) is 22.4. The highest BCUT2D eigenvalue weighted by molar-refractivity contribution is 6.16. The van der Waals surface area contributed by atoms with Gasteiger partial charge in [0.05, 0.1) is 24.0 Å². The number of carbonyl (C=O) groups is 2. The lowest BCUT2D eigenvalue weighted by Gasteiger charge is -2.41. The van der Waals surface area contributed by atoms with E-state index in [1.165, 1.54) is 11.1 Å². The Balaban J connectivity index is 1.14. The van der Waals surface area contributed by atoms with E-state index in [2.05, 4.69) is 23.3 Å². The quantitative estimate of drug-likeness (QED) is 0.619. The number of aliphatic imine (C=N–C) groups is 1. The van der Waals surface area contributed by atoms with Gasteiger partial charge < -0.3 is 14.5 Å². The van der Waals surface area contributed by atoms with E-state index in [0.717, 1.165) is 67.4 Å². The van der Waals surface area contributed by atoms with Gasteiger partial charge in [0.2, 0.25) is 5.91 Å². The minimum atomic E-state index is -0.513. The van der Waals surface area contributed by atoms with Gasteiger partial charge in [-0.15, -0.1) is 0 Å². The fourth-order valence-electron chi connectivity index (χ4n) is 6.73. The Labute approximate surface area is 218 Å². The van der Waals surface area contributed by atoms with Gasteiger partial charge in [0.1, 0.15) is 5.60 Å². The molecule has 1 unspecified atom stereocenters. The van der Waals surface area contributed by atoms with Crippen LogP contribution in [0.25, 0.3) is 10.9 Å². The van der Waals surface area contributed by atoms with E-state index in [-0.39, 0.29) is 30.0 Å². The Morgan fingerprint density at radius 2 is 1.95 bits per heavy atom. The molecule has 2 fully saturated rings. The maximum absolute atomic E-state index is 13.6. The summed E-state index contributed by atoms with van der Waals surface area (Å²) in [6.45, 7) is 7.83. The summed E-state index contributed by atoms with van der Waals surface area (Å²) in [6, 6.07) is 6.72. The number of benzene rings is 1. The van der Waals surface area contributed by atoms with Crippen LogP contribution in [0.3, 0.4) is 0 Å². The second kappa shape index (κ2) is 8.99. The standard InChI is InChI=1S/C29H37N5O3/c1-29(2,3)37-28(36)34-22-7-5-18(25(34)10-8-22)14-26(35)33-12-11-20-15-30-27(23(20)17-33)19-6-9-24-21(13-19)16-31-32(24)4/h6,9,13,16,18,22,25H,5,7-8,10-12,14-15,17H2,1-4H3/t18?,22-,25-/m0/s1. The van der Waals surface area contributed by atoms with E-state index in [9.17, 15) is 9.59 Å². The predicted octanol–water partition coefficient (Wildman–Crippen LogP) is 4.47. The number of ether oxygens (including phenoxy) is 1. The number of hydrogen-bond donors (Lipinski definition) is 0. The molecule has 37 heavy (non-hydrogen) atoms. The van der Waals surface area contributed by atoms with Crippen molar-refractivity contribution in [1.29, 1.82) is 0 Å². The summed E-state index contributed by atoms with van der Waals surface area (Å²) in [7, 11) is 1.95. The van der Waals surface area contributed by atoms with Gasteiger partial charge in [-0.3, -0.25) is 14.5 Å². The molecule has 2 bridgehead atoms. The molecule has 8 nitrogen and oxygen atoms in total. The van der Waals surface area contributed by atoms with Gasteiger partial charge in [0, 0.05) is 49.6 Å². The van der Waals surface area contributed by atoms with Crippen molar-refractivity contribution in [2.45, 2.75) is 77.0 Å². The molecule has 2 amide bonds. The Hall–Kier alpha value is -3.16. The van der Waals surface area contributed by atoms with Crippen molar-refractivity contribution in [3.05, 3.63) is 41.1 Å². The highest BCUT2D eigenvalue weighted by atomic mass is 16.6. The van der Waals surface area contributed by atoms with Crippen molar-refractivity contribution in [1.82, 2.24) is 19.6 Å². The first-order valence-electron chi connectivity index (χ1n) is 13.6. The van der Waals surface area contributed by atoms with Crippen molar-refractivity contribution >= 4 is 28.6 Å². The van der Waals surface area contributed by atoms with Crippen LogP contribution in [0.15, 0.2) is 40.5 Å². The molecule has 2 aromatic rings. The van der Waals surface area contributed by atoms with Crippen LogP contribution < -0.4 is 0 Å². The van der Waals surface area contributed by atoms with E-state index in [1.54, 1.807) is 0 Å². The van der Waals surface area contributed by atoms with E-state index in [1.807, 2.05) is 48.5 Å². The van der Waals surface area contributed by atoms with Crippen molar-refractivity contribution < 1.29 is 14.3 Å². The van der Waals surface area contributed by atoms with Gasteiger partial charge in [-0.05, 0) is 82.1 Å². The number of hydrogen-bond acceptors (Lipinski definition) is 5. The maximum atomic E-state index is 13.6.